The van der Waals surface area contributed by atoms with E-state index in [1.807, 2.05) is 24.3 Å². The van der Waals surface area contributed by atoms with Crippen molar-refractivity contribution in [3.05, 3.63) is 24.3 Å². The second kappa shape index (κ2) is 5.94. The van der Waals surface area contributed by atoms with Crippen molar-refractivity contribution in [2.75, 3.05) is 13.2 Å². The molecule has 4 nitrogen and oxygen atoms in total. The van der Waals surface area contributed by atoms with Crippen molar-refractivity contribution >= 4 is 12.4 Å². The first-order valence-electron chi connectivity index (χ1n) is 5.04. The molecule has 0 radical (unpaired) electrons. The van der Waals surface area contributed by atoms with E-state index in [1.165, 1.54) is 0 Å². The molecule has 1 heterocycles. The van der Waals surface area contributed by atoms with Crippen LogP contribution in [0.4, 0.5) is 0 Å². The maximum absolute atomic E-state index is 8.84. The molecule has 2 rings (SSSR count). The Balaban J connectivity index is 0.00000128. The minimum absolute atomic E-state index is 0. The monoisotopic (exact) mass is 245 g/mol. The fraction of sp³-hybridized carbons (Fsp3) is 0.455. The highest BCUT2D eigenvalue weighted by molar-refractivity contribution is 5.85. The number of fused-ring (bicyclic) bond motifs is 1. The molecule has 0 fully saturated rings. The Bertz CT molecular complexity index is 335. The summed E-state index contributed by atoms with van der Waals surface area (Å²) in [6, 6.07) is 7.30. The predicted molar refractivity (Wildman–Crippen MR) is 63.3 cm³/mol. The molecule has 1 aromatic rings. The molecule has 0 spiro atoms. The summed E-state index contributed by atoms with van der Waals surface area (Å²) in [5, 5.41) is 8.84. The van der Waals surface area contributed by atoms with Crippen LogP contribution in [0.25, 0.3) is 0 Å². The van der Waals surface area contributed by atoms with Gasteiger partial charge in [-0.1, -0.05) is 12.1 Å². The van der Waals surface area contributed by atoms with Gasteiger partial charge >= 0.3 is 0 Å². The number of halogens is 1. The molecule has 1 aliphatic heterocycles. The van der Waals surface area contributed by atoms with Gasteiger partial charge in [0.2, 0.25) is 0 Å². The Labute approximate surface area is 101 Å². The number of para-hydroxylation sites is 2. The minimum Gasteiger partial charge on any atom is -0.486 e. The first kappa shape index (κ1) is 13.1. The van der Waals surface area contributed by atoms with Crippen molar-refractivity contribution < 1.29 is 14.6 Å². The number of hydrogen-bond donors (Lipinski definition) is 2. The summed E-state index contributed by atoms with van der Waals surface area (Å²) in [5.74, 6) is 1.52. The van der Waals surface area contributed by atoms with E-state index in [4.69, 9.17) is 20.3 Å². The van der Waals surface area contributed by atoms with Crippen LogP contribution in [0, 0.1) is 0 Å². The van der Waals surface area contributed by atoms with Crippen molar-refractivity contribution in [2.45, 2.75) is 18.6 Å². The van der Waals surface area contributed by atoms with Gasteiger partial charge < -0.3 is 20.3 Å². The van der Waals surface area contributed by atoms with Gasteiger partial charge in [0.25, 0.3) is 0 Å². The topological polar surface area (TPSA) is 64.7 Å². The molecule has 1 aromatic carbocycles. The smallest absolute Gasteiger partial charge is 0.161 e. The van der Waals surface area contributed by atoms with Crippen LogP contribution in [-0.4, -0.2) is 30.5 Å². The van der Waals surface area contributed by atoms with Gasteiger partial charge in [0.15, 0.2) is 11.5 Å². The summed E-state index contributed by atoms with van der Waals surface area (Å²) in [6.07, 6.45) is 0.534. The average molecular weight is 246 g/mol. The van der Waals surface area contributed by atoms with Gasteiger partial charge in [-0.3, -0.25) is 0 Å². The highest BCUT2D eigenvalue weighted by Gasteiger charge is 2.22. The maximum atomic E-state index is 8.84. The van der Waals surface area contributed by atoms with Gasteiger partial charge in [0.05, 0.1) is 6.61 Å². The van der Waals surface area contributed by atoms with Crippen molar-refractivity contribution in [3.63, 3.8) is 0 Å². The Morgan fingerprint density at radius 3 is 2.75 bits per heavy atom. The molecule has 16 heavy (non-hydrogen) atoms. The molecule has 2 unspecified atom stereocenters. The number of rotatable bonds is 3. The molecule has 0 saturated carbocycles. The van der Waals surface area contributed by atoms with Crippen molar-refractivity contribution in [2.24, 2.45) is 5.73 Å². The highest BCUT2D eigenvalue weighted by atomic mass is 35.5. The molecule has 90 valence electrons. The Hall–Kier alpha value is -0.970. The van der Waals surface area contributed by atoms with Crippen LogP contribution in [0.2, 0.25) is 0 Å². The Kier molecular flexibility index (Phi) is 4.86. The highest BCUT2D eigenvalue weighted by Crippen LogP contribution is 2.31. The number of aliphatic hydroxyl groups is 1. The fourth-order valence-electron chi connectivity index (χ4n) is 1.59. The lowest BCUT2D eigenvalue weighted by atomic mass is 10.1. The first-order valence-corrected chi connectivity index (χ1v) is 5.04. The van der Waals surface area contributed by atoms with Crippen LogP contribution in [0.1, 0.15) is 6.42 Å². The van der Waals surface area contributed by atoms with E-state index in [1.54, 1.807) is 0 Å². The van der Waals surface area contributed by atoms with E-state index in [9.17, 15) is 0 Å². The standard InChI is InChI=1S/C11H15NO3.ClH/c12-8(6-13)5-9-7-14-10-3-1-2-4-11(10)15-9;/h1-4,8-9,13H,5-7,12H2;1H. The minimum atomic E-state index is -0.246. The van der Waals surface area contributed by atoms with Gasteiger partial charge in [-0.2, -0.15) is 0 Å². The largest absolute Gasteiger partial charge is 0.486 e. The molecule has 2 atom stereocenters. The van der Waals surface area contributed by atoms with Crippen LogP contribution in [-0.2, 0) is 0 Å². The van der Waals surface area contributed by atoms with Crippen molar-refractivity contribution in [1.29, 1.82) is 0 Å². The fourth-order valence-corrected chi connectivity index (χ4v) is 1.59. The second-order valence-electron chi connectivity index (χ2n) is 3.68. The molecule has 1 aliphatic rings. The number of aliphatic hydroxyl groups excluding tert-OH is 1. The number of benzene rings is 1. The van der Waals surface area contributed by atoms with Gasteiger partial charge in [-0.25, -0.2) is 0 Å². The van der Waals surface area contributed by atoms with Crippen LogP contribution in [0.15, 0.2) is 24.3 Å². The number of hydrogen-bond acceptors (Lipinski definition) is 4. The van der Waals surface area contributed by atoms with Crippen LogP contribution < -0.4 is 15.2 Å². The Morgan fingerprint density at radius 1 is 1.38 bits per heavy atom. The van der Waals surface area contributed by atoms with Gasteiger partial charge in [-0.15, -0.1) is 12.4 Å². The molecule has 0 saturated heterocycles. The van der Waals surface area contributed by atoms with E-state index in [0.29, 0.717) is 13.0 Å². The summed E-state index contributed by atoms with van der Waals surface area (Å²) >= 11 is 0. The third kappa shape index (κ3) is 3.01. The van der Waals surface area contributed by atoms with Gasteiger partial charge in [0.1, 0.15) is 12.7 Å². The third-order valence-electron chi connectivity index (χ3n) is 2.37. The molecule has 3 N–H and O–H groups in total. The third-order valence-corrected chi connectivity index (χ3v) is 2.37. The lowest BCUT2D eigenvalue weighted by molar-refractivity contribution is 0.0738. The quantitative estimate of drug-likeness (QED) is 0.833. The van der Waals surface area contributed by atoms with E-state index >= 15 is 0 Å². The normalized spacial score (nSPS) is 19.8. The summed E-state index contributed by atoms with van der Waals surface area (Å²) < 4.78 is 11.2. The molecule has 0 aliphatic carbocycles. The summed E-state index contributed by atoms with van der Waals surface area (Å²) in [6.45, 7) is 0.465. The molecule has 0 aromatic heterocycles. The van der Waals surface area contributed by atoms with E-state index < -0.39 is 0 Å². The summed E-state index contributed by atoms with van der Waals surface area (Å²) in [7, 11) is 0. The van der Waals surface area contributed by atoms with Gasteiger partial charge in [-0.05, 0) is 12.1 Å². The first-order chi connectivity index (χ1) is 7.29. The zero-order chi connectivity index (χ0) is 10.7. The zero-order valence-electron chi connectivity index (χ0n) is 8.83. The van der Waals surface area contributed by atoms with E-state index in [0.717, 1.165) is 11.5 Å². The van der Waals surface area contributed by atoms with Crippen LogP contribution in [0.5, 0.6) is 11.5 Å². The van der Waals surface area contributed by atoms with E-state index in [-0.39, 0.29) is 31.2 Å². The SMILES string of the molecule is Cl.NC(CO)CC1COc2ccccc2O1. The Morgan fingerprint density at radius 2 is 2.06 bits per heavy atom. The number of nitrogens with two attached hydrogens (primary N) is 1. The average Bonchev–Trinajstić information content (AvgIpc) is 2.29. The predicted octanol–water partition coefficient (Wildman–Crippen LogP) is 0.958. The van der Waals surface area contributed by atoms with Crippen molar-refractivity contribution in [1.82, 2.24) is 0 Å². The zero-order valence-corrected chi connectivity index (χ0v) is 9.65. The molecular formula is C11H16ClNO3. The molecule has 5 heteroatoms. The maximum Gasteiger partial charge on any atom is 0.161 e. The summed E-state index contributed by atoms with van der Waals surface area (Å²) in [4.78, 5) is 0. The lowest BCUT2D eigenvalue weighted by Gasteiger charge is -2.27. The van der Waals surface area contributed by atoms with Crippen LogP contribution in [0.3, 0.4) is 0 Å². The second-order valence-corrected chi connectivity index (χ2v) is 3.68. The van der Waals surface area contributed by atoms with Gasteiger partial charge in [0, 0.05) is 12.5 Å². The van der Waals surface area contributed by atoms with Crippen molar-refractivity contribution in [3.8, 4) is 11.5 Å². The van der Waals surface area contributed by atoms with Crippen LogP contribution >= 0.6 is 12.4 Å². The lowest BCUT2D eigenvalue weighted by Crippen LogP contribution is -2.37. The molecular weight excluding hydrogens is 230 g/mol. The molecule has 0 amide bonds. The van der Waals surface area contributed by atoms with E-state index in [2.05, 4.69) is 0 Å². The number of ether oxygens (including phenoxy) is 2. The summed E-state index contributed by atoms with van der Waals surface area (Å²) in [5.41, 5.74) is 5.64. The molecule has 0 bridgehead atoms.